The Morgan fingerprint density at radius 1 is 1.13 bits per heavy atom. The average molecular weight is 328 g/mol. The quantitative estimate of drug-likeness (QED) is 0.834. The second kappa shape index (κ2) is 7.18. The molecule has 1 saturated heterocycles. The first-order valence-electron chi connectivity index (χ1n) is 8.28. The summed E-state index contributed by atoms with van der Waals surface area (Å²) < 4.78 is 0. The van der Waals surface area contributed by atoms with Gasteiger partial charge in [-0.3, -0.25) is 4.79 Å². The minimum atomic E-state index is 0.109. The van der Waals surface area contributed by atoms with Crippen molar-refractivity contribution in [1.82, 2.24) is 4.90 Å². The number of anilines is 1. The number of aryl methyl sites for hydroxylation is 1. The van der Waals surface area contributed by atoms with Crippen LogP contribution in [0.4, 0.5) is 5.69 Å². The van der Waals surface area contributed by atoms with Gasteiger partial charge in [0.2, 0.25) is 0 Å². The maximum Gasteiger partial charge on any atom is 0.264 e. The van der Waals surface area contributed by atoms with Gasteiger partial charge in [0.05, 0.1) is 4.88 Å². The molecule has 4 heteroatoms. The van der Waals surface area contributed by atoms with E-state index in [1.807, 2.05) is 25.4 Å². The highest BCUT2D eigenvalue weighted by molar-refractivity contribution is 7.12. The zero-order valence-corrected chi connectivity index (χ0v) is 14.7. The molecule has 0 atom stereocenters. The van der Waals surface area contributed by atoms with E-state index in [1.54, 1.807) is 4.90 Å². The minimum Gasteiger partial charge on any atom is -0.372 e. The van der Waals surface area contributed by atoms with Crippen molar-refractivity contribution in [2.45, 2.75) is 32.7 Å². The van der Waals surface area contributed by atoms with Gasteiger partial charge in [-0.15, -0.1) is 11.3 Å². The largest absolute Gasteiger partial charge is 0.372 e. The first-order chi connectivity index (χ1) is 11.1. The number of piperidine rings is 1. The third-order valence-electron chi connectivity index (χ3n) is 4.48. The summed E-state index contributed by atoms with van der Waals surface area (Å²) in [6, 6.07) is 10.7. The van der Waals surface area contributed by atoms with Crippen LogP contribution in [0.1, 0.15) is 40.1 Å². The maximum absolute atomic E-state index is 12.5. The number of carbonyl (C=O) groups excluding carboxylic acids is 1. The lowest BCUT2D eigenvalue weighted by Gasteiger charge is -2.29. The van der Waals surface area contributed by atoms with E-state index in [2.05, 4.69) is 29.2 Å². The Morgan fingerprint density at radius 2 is 1.83 bits per heavy atom. The van der Waals surface area contributed by atoms with E-state index in [9.17, 15) is 4.79 Å². The molecule has 0 unspecified atom stereocenters. The SMILES string of the molecule is Cc1ccsc1C(=O)N(C)Cc1ccc(N2CCCCC2)cc1. The topological polar surface area (TPSA) is 23.6 Å². The number of benzene rings is 1. The summed E-state index contributed by atoms with van der Waals surface area (Å²) in [5.74, 6) is 0.109. The molecule has 1 amide bonds. The molecular weight excluding hydrogens is 304 g/mol. The molecular formula is C19H24N2OS. The van der Waals surface area contributed by atoms with Crippen molar-refractivity contribution in [3.63, 3.8) is 0 Å². The van der Waals surface area contributed by atoms with Gasteiger partial charge >= 0.3 is 0 Å². The lowest BCUT2D eigenvalue weighted by Crippen LogP contribution is -2.29. The molecule has 0 saturated carbocycles. The molecule has 2 heterocycles. The standard InChI is InChI=1S/C19H24N2OS/c1-15-10-13-23-18(15)19(22)20(2)14-16-6-8-17(9-7-16)21-11-4-3-5-12-21/h6-10,13H,3-5,11-12,14H2,1-2H3. The summed E-state index contributed by atoms with van der Waals surface area (Å²) in [5.41, 5.74) is 3.54. The summed E-state index contributed by atoms with van der Waals surface area (Å²) in [5, 5.41) is 1.98. The highest BCUT2D eigenvalue weighted by Gasteiger charge is 2.16. The molecule has 3 nitrogen and oxygen atoms in total. The van der Waals surface area contributed by atoms with Crippen LogP contribution >= 0.6 is 11.3 Å². The predicted octanol–water partition coefficient (Wildman–Crippen LogP) is 4.32. The van der Waals surface area contributed by atoms with Gasteiger partial charge in [-0.05, 0) is 60.9 Å². The van der Waals surface area contributed by atoms with Crippen LogP contribution in [0, 0.1) is 6.92 Å². The van der Waals surface area contributed by atoms with Crippen LogP contribution in [0.3, 0.4) is 0 Å². The van der Waals surface area contributed by atoms with Crippen molar-refractivity contribution in [2.75, 3.05) is 25.0 Å². The Morgan fingerprint density at radius 3 is 2.43 bits per heavy atom. The maximum atomic E-state index is 12.5. The summed E-state index contributed by atoms with van der Waals surface area (Å²) in [4.78, 5) is 17.6. The molecule has 0 spiro atoms. The van der Waals surface area contributed by atoms with Crippen LogP contribution in [-0.2, 0) is 6.54 Å². The molecule has 2 aromatic rings. The number of nitrogens with zero attached hydrogens (tertiary/aromatic N) is 2. The molecule has 0 radical (unpaired) electrons. The Balaban J connectivity index is 1.63. The summed E-state index contributed by atoms with van der Waals surface area (Å²) >= 11 is 1.52. The van der Waals surface area contributed by atoms with Crippen LogP contribution in [0.25, 0.3) is 0 Å². The average Bonchev–Trinajstić information content (AvgIpc) is 3.01. The molecule has 1 fully saturated rings. The fourth-order valence-corrected chi connectivity index (χ4v) is 3.99. The number of thiophene rings is 1. The molecule has 1 aromatic heterocycles. The number of carbonyl (C=O) groups is 1. The predicted molar refractivity (Wildman–Crippen MR) is 97.4 cm³/mol. The zero-order chi connectivity index (χ0) is 16.2. The lowest BCUT2D eigenvalue weighted by molar-refractivity contribution is 0.0789. The van der Waals surface area contributed by atoms with E-state index >= 15 is 0 Å². The first-order valence-corrected chi connectivity index (χ1v) is 9.16. The zero-order valence-electron chi connectivity index (χ0n) is 13.9. The van der Waals surface area contributed by atoms with Crippen LogP contribution in [0.15, 0.2) is 35.7 Å². The normalized spacial score (nSPS) is 14.8. The van der Waals surface area contributed by atoms with Gasteiger partial charge in [0.25, 0.3) is 5.91 Å². The van der Waals surface area contributed by atoms with E-state index in [0.29, 0.717) is 6.54 Å². The molecule has 3 rings (SSSR count). The van der Waals surface area contributed by atoms with Crippen molar-refractivity contribution >= 4 is 22.9 Å². The number of amides is 1. The van der Waals surface area contributed by atoms with Crippen LogP contribution < -0.4 is 4.90 Å². The number of hydrogen-bond donors (Lipinski definition) is 0. The van der Waals surface area contributed by atoms with Crippen molar-refractivity contribution in [3.8, 4) is 0 Å². The minimum absolute atomic E-state index is 0.109. The third kappa shape index (κ3) is 3.75. The third-order valence-corrected chi connectivity index (χ3v) is 5.48. The van der Waals surface area contributed by atoms with E-state index in [4.69, 9.17) is 0 Å². The van der Waals surface area contributed by atoms with E-state index in [0.717, 1.165) is 23.5 Å². The Hall–Kier alpha value is -1.81. The Bertz CT molecular complexity index is 656. The van der Waals surface area contributed by atoms with Crippen molar-refractivity contribution in [1.29, 1.82) is 0 Å². The lowest BCUT2D eigenvalue weighted by atomic mass is 10.1. The van der Waals surface area contributed by atoms with Crippen molar-refractivity contribution in [2.24, 2.45) is 0 Å². The van der Waals surface area contributed by atoms with Gasteiger partial charge in [0, 0.05) is 32.4 Å². The van der Waals surface area contributed by atoms with Crippen LogP contribution in [-0.4, -0.2) is 30.9 Å². The molecule has 0 N–H and O–H groups in total. The van der Waals surface area contributed by atoms with Crippen LogP contribution in [0.5, 0.6) is 0 Å². The van der Waals surface area contributed by atoms with Gasteiger partial charge in [-0.1, -0.05) is 12.1 Å². The Labute approximate surface area is 142 Å². The van der Waals surface area contributed by atoms with E-state index < -0.39 is 0 Å². The molecule has 0 bridgehead atoms. The highest BCUT2D eigenvalue weighted by Crippen LogP contribution is 2.22. The summed E-state index contributed by atoms with van der Waals surface area (Å²) in [7, 11) is 1.88. The smallest absolute Gasteiger partial charge is 0.264 e. The van der Waals surface area contributed by atoms with Gasteiger partial charge in [0.15, 0.2) is 0 Å². The second-order valence-corrected chi connectivity index (χ2v) is 7.22. The fourth-order valence-electron chi connectivity index (χ4n) is 3.08. The molecule has 1 aliphatic rings. The monoisotopic (exact) mass is 328 g/mol. The number of rotatable bonds is 4. The van der Waals surface area contributed by atoms with Crippen molar-refractivity contribution < 1.29 is 4.79 Å². The van der Waals surface area contributed by atoms with Crippen molar-refractivity contribution in [3.05, 3.63) is 51.7 Å². The summed E-state index contributed by atoms with van der Waals surface area (Å²) in [6.07, 6.45) is 3.93. The molecule has 23 heavy (non-hydrogen) atoms. The Kier molecular flexibility index (Phi) is 5.01. The molecule has 0 aliphatic carbocycles. The van der Waals surface area contributed by atoms with Gasteiger partial charge in [0.1, 0.15) is 0 Å². The van der Waals surface area contributed by atoms with Gasteiger partial charge in [-0.2, -0.15) is 0 Å². The van der Waals surface area contributed by atoms with Gasteiger partial charge < -0.3 is 9.80 Å². The molecule has 122 valence electrons. The first kappa shape index (κ1) is 16.1. The summed E-state index contributed by atoms with van der Waals surface area (Å²) in [6.45, 7) is 4.96. The van der Waals surface area contributed by atoms with Crippen LogP contribution in [0.2, 0.25) is 0 Å². The van der Waals surface area contributed by atoms with E-state index in [1.165, 1.54) is 41.9 Å². The molecule has 1 aliphatic heterocycles. The highest BCUT2D eigenvalue weighted by atomic mass is 32.1. The molecule has 1 aromatic carbocycles. The second-order valence-electron chi connectivity index (χ2n) is 6.31. The number of hydrogen-bond acceptors (Lipinski definition) is 3. The van der Waals surface area contributed by atoms with Gasteiger partial charge in [-0.25, -0.2) is 0 Å². The fraction of sp³-hybridized carbons (Fsp3) is 0.421. The van der Waals surface area contributed by atoms with E-state index in [-0.39, 0.29) is 5.91 Å².